The van der Waals surface area contributed by atoms with Crippen LogP contribution in [0.1, 0.15) is 68.2 Å². The van der Waals surface area contributed by atoms with Crippen LogP contribution in [0.2, 0.25) is 0 Å². The van der Waals surface area contributed by atoms with Gasteiger partial charge in [-0.3, -0.25) is 4.79 Å². The number of morpholine rings is 1. The van der Waals surface area contributed by atoms with E-state index in [0.717, 1.165) is 11.3 Å². The maximum atomic E-state index is 13.3. The highest BCUT2D eigenvalue weighted by molar-refractivity contribution is 5.99. The fourth-order valence-corrected chi connectivity index (χ4v) is 4.23. The van der Waals surface area contributed by atoms with Gasteiger partial charge in [0.1, 0.15) is 5.82 Å². The number of fused-ring (bicyclic) bond motifs is 1. The lowest BCUT2D eigenvalue weighted by molar-refractivity contribution is -0.0372. The first kappa shape index (κ1) is 16.6. The lowest BCUT2D eigenvalue weighted by Crippen LogP contribution is -2.55. The fraction of sp³-hybridized carbons (Fsp3) is 0.600. The van der Waals surface area contributed by atoms with E-state index in [1.165, 1.54) is 32.1 Å². The topological polar surface area (TPSA) is 46.8 Å². The van der Waals surface area contributed by atoms with Crippen LogP contribution in [-0.4, -0.2) is 45.5 Å². The number of hydrogen-bond donors (Lipinski definition) is 0. The molecule has 2 fully saturated rings. The standard InChI is InChI=1S/C20H27N3O2/c1-20(2)14-25-13-12-23(20)19(24)17-16-10-6-7-11-22(16)18(21-17)15-8-4-3-5-9-15/h6-7,10-11,15H,3-5,8-9,12-14H2,1-2H3. The molecular weight excluding hydrogens is 314 g/mol. The van der Waals surface area contributed by atoms with Crippen molar-refractivity contribution < 1.29 is 9.53 Å². The Hall–Kier alpha value is -1.88. The van der Waals surface area contributed by atoms with Gasteiger partial charge in [-0.25, -0.2) is 4.98 Å². The maximum Gasteiger partial charge on any atom is 0.275 e. The molecule has 4 rings (SSSR count). The number of amides is 1. The van der Waals surface area contributed by atoms with Crippen LogP contribution in [-0.2, 0) is 4.74 Å². The molecule has 0 radical (unpaired) electrons. The molecule has 0 N–H and O–H groups in total. The molecule has 2 aromatic rings. The molecule has 1 aliphatic heterocycles. The number of rotatable bonds is 2. The van der Waals surface area contributed by atoms with Crippen LogP contribution >= 0.6 is 0 Å². The van der Waals surface area contributed by atoms with E-state index in [4.69, 9.17) is 9.72 Å². The Morgan fingerprint density at radius 1 is 1.24 bits per heavy atom. The highest BCUT2D eigenvalue weighted by atomic mass is 16.5. The Kier molecular flexibility index (Phi) is 4.28. The van der Waals surface area contributed by atoms with Crippen LogP contribution in [0.15, 0.2) is 24.4 Å². The summed E-state index contributed by atoms with van der Waals surface area (Å²) in [6.07, 6.45) is 8.22. The predicted molar refractivity (Wildman–Crippen MR) is 97.0 cm³/mol. The Bertz CT molecular complexity index is 774. The van der Waals surface area contributed by atoms with Gasteiger partial charge in [0.05, 0.1) is 24.3 Å². The summed E-state index contributed by atoms with van der Waals surface area (Å²) < 4.78 is 7.70. The van der Waals surface area contributed by atoms with Crippen LogP contribution in [0.3, 0.4) is 0 Å². The van der Waals surface area contributed by atoms with Crippen LogP contribution in [0, 0.1) is 0 Å². The summed E-state index contributed by atoms with van der Waals surface area (Å²) in [6, 6.07) is 6.02. The van der Waals surface area contributed by atoms with Gasteiger partial charge >= 0.3 is 0 Å². The van der Waals surface area contributed by atoms with Gasteiger partial charge in [0, 0.05) is 18.7 Å². The van der Waals surface area contributed by atoms with Crippen LogP contribution in [0.5, 0.6) is 0 Å². The van der Waals surface area contributed by atoms with E-state index in [2.05, 4.69) is 18.2 Å². The van der Waals surface area contributed by atoms with Gasteiger partial charge in [-0.05, 0) is 38.8 Å². The predicted octanol–water partition coefficient (Wildman–Crippen LogP) is 3.63. The molecule has 5 heteroatoms. The zero-order chi connectivity index (χ0) is 17.4. The van der Waals surface area contributed by atoms with Crippen molar-refractivity contribution >= 4 is 11.4 Å². The van der Waals surface area contributed by atoms with Crippen LogP contribution in [0.25, 0.3) is 5.52 Å². The Labute approximate surface area is 149 Å². The average Bonchev–Trinajstić information content (AvgIpc) is 3.01. The third-order valence-corrected chi connectivity index (χ3v) is 5.64. The van der Waals surface area contributed by atoms with E-state index in [1.807, 2.05) is 29.3 Å². The van der Waals surface area contributed by atoms with Crippen molar-refractivity contribution in [2.45, 2.75) is 57.4 Å². The van der Waals surface area contributed by atoms with Crippen molar-refractivity contribution in [3.63, 3.8) is 0 Å². The highest BCUT2D eigenvalue weighted by Crippen LogP contribution is 2.33. The van der Waals surface area contributed by atoms with E-state index >= 15 is 0 Å². The molecular formula is C20H27N3O2. The van der Waals surface area contributed by atoms with Crippen LogP contribution < -0.4 is 0 Å². The first-order chi connectivity index (χ1) is 12.1. The van der Waals surface area contributed by atoms with Gasteiger partial charge in [-0.2, -0.15) is 0 Å². The van der Waals surface area contributed by atoms with Gasteiger partial charge in [0.15, 0.2) is 5.69 Å². The summed E-state index contributed by atoms with van der Waals surface area (Å²) in [6.45, 7) is 5.90. The number of aromatic nitrogens is 2. The largest absolute Gasteiger partial charge is 0.377 e. The third-order valence-electron chi connectivity index (χ3n) is 5.64. The first-order valence-corrected chi connectivity index (χ1v) is 9.44. The summed E-state index contributed by atoms with van der Waals surface area (Å²) in [5, 5.41) is 0. The number of nitrogens with zero attached hydrogens (tertiary/aromatic N) is 3. The molecule has 1 saturated heterocycles. The van der Waals surface area contributed by atoms with Gasteiger partial charge in [-0.1, -0.05) is 25.3 Å². The zero-order valence-corrected chi connectivity index (χ0v) is 15.2. The molecule has 0 bridgehead atoms. The second kappa shape index (κ2) is 6.45. The number of carbonyl (C=O) groups is 1. The van der Waals surface area contributed by atoms with Crippen molar-refractivity contribution in [2.24, 2.45) is 0 Å². The molecule has 134 valence electrons. The summed E-state index contributed by atoms with van der Waals surface area (Å²) in [5.74, 6) is 1.55. The minimum Gasteiger partial charge on any atom is -0.377 e. The third kappa shape index (κ3) is 2.95. The van der Waals surface area contributed by atoms with Crippen LogP contribution in [0.4, 0.5) is 0 Å². The number of hydrogen-bond acceptors (Lipinski definition) is 3. The fourth-order valence-electron chi connectivity index (χ4n) is 4.23. The molecule has 25 heavy (non-hydrogen) atoms. The molecule has 2 aliphatic rings. The van der Waals surface area contributed by atoms with Crippen molar-refractivity contribution in [1.82, 2.24) is 14.3 Å². The molecule has 3 heterocycles. The smallest absolute Gasteiger partial charge is 0.275 e. The second-order valence-electron chi connectivity index (χ2n) is 7.93. The molecule has 5 nitrogen and oxygen atoms in total. The second-order valence-corrected chi connectivity index (χ2v) is 7.93. The van der Waals surface area contributed by atoms with E-state index in [1.54, 1.807) is 0 Å². The molecule has 0 spiro atoms. The lowest BCUT2D eigenvalue weighted by Gasteiger charge is -2.41. The Morgan fingerprint density at radius 2 is 2.04 bits per heavy atom. The summed E-state index contributed by atoms with van der Waals surface area (Å²) in [7, 11) is 0. The molecule has 0 atom stereocenters. The van der Waals surface area contributed by atoms with E-state index in [9.17, 15) is 4.79 Å². The molecule has 2 aromatic heterocycles. The van der Waals surface area contributed by atoms with Crippen molar-refractivity contribution in [3.05, 3.63) is 35.9 Å². The first-order valence-electron chi connectivity index (χ1n) is 9.44. The minimum absolute atomic E-state index is 0.0269. The number of ether oxygens (including phenoxy) is 1. The molecule has 1 aliphatic carbocycles. The summed E-state index contributed by atoms with van der Waals surface area (Å²) in [5.41, 5.74) is 1.22. The van der Waals surface area contributed by atoms with Crippen molar-refractivity contribution in [2.75, 3.05) is 19.8 Å². The monoisotopic (exact) mass is 341 g/mol. The Morgan fingerprint density at radius 3 is 2.80 bits per heavy atom. The van der Waals surface area contributed by atoms with Gasteiger partial charge < -0.3 is 14.0 Å². The van der Waals surface area contributed by atoms with E-state index in [-0.39, 0.29) is 11.4 Å². The van der Waals surface area contributed by atoms with E-state index in [0.29, 0.717) is 31.4 Å². The lowest BCUT2D eigenvalue weighted by atomic mass is 9.89. The SMILES string of the molecule is CC1(C)COCCN1C(=O)c1nc(C2CCCCC2)n2ccccc12. The van der Waals surface area contributed by atoms with Gasteiger partial charge in [0.2, 0.25) is 0 Å². The van der Waals surface area contributed by atoms with Crippen molar-refractivity contribution in [1.29, 1.82) is 0 Å². The average molecular weight is 341 g/mol. The molecule has 0 unspecified atom stereocenters. The normalized spacial score (nSPS) is 21.6. The van der Waals surface area contributed by atoms with Crippen molar-refractivity contribution in [3.8, 4) is 0 Å². The van der Waals surface area contributed by atoms with Gasteiger partial charge in [-0.15, -0.1) is 0 Å². The summed E-state index contributed by atoms with van der Waals surface area (Å²) >= 11 is 0. The summed E-state index contributed by atoms with van der Waals surface area (Å²) in [4.78, 5) is 20.1. The quantitative estimate of drug-likeness (QED) is 0.838. The molecule has 1 saturated carbocycles. The zero-order valence-electron chi connectivity index (χ0n) is 15.2. The maximum absolute atomic E-state index is 13.3. The number of pyridine rings is 1. The van der Waals surface area contributed by atoms with Gasteiger partial charge in [0.25, 0.3) is 5.91 Å². The molecule has 0 aromatic carbocycles. The minimum atomic E-state index is -0.301. The van der Waals surface area contributed by atoms with E-state index < -0.39 is 0 Å². The highest BCUT2D eigenvalue weighted by Gasteiger charge is 2.36. The molecule has 1 amide bonds. The Balaban J connectivity index is 1.75. The number of imidazole rings is 1. The number of carbonyl (C=O) groups excluding carboxylic acids is 1.